The lowest BCUT2D eigenvalue weighted by molar-refractivity contribution is -0.136. The lowest BCUT2D eigenvalue weighted by Crippen LogP contribution is -2.62. The maximum absolute atomic E-state index is 15.0. The van der Waals surface area contributed by atoms with Crippen LogP contribution in [0, 0.1) is 0 Å². The molecule has 0 bridgehead atoms. The molecular weight excluding hydrogens is 1200 g/mol. The quantitative estimate of drug-likeness (QED) is 0.0320. The van der Waals surface area contributed by atoms with E-state index in [4.69, 9.17) is 27.5 Å². The molecule has 0 saturated carbocycles. The molecule has 0 radical (unpaired) electrons. The molecule has 16 N–H and O–H groups in total. The van der Waals surface area contributed by atoms with Crippen molar-refractivity contribution in [2.75, 3.05) is 25.1 Å². The van der Waals surface area contributed by atoms with E-state index >= 15 is 4.79 Å². The summed E-state index contributed by atoms with van der Waals surface area (Å²) in [6.07, 6.45) is -0.0333. The number of benzene rings is 4. The molecule has 9 atom stereocenters. The Kier molecular flexibility index (Phi) is 26.5. The summed E-state index contributed by atoms with van der Waals surface area (Å²) in [6, 6.07) is 14.8. The summed E-state index contributed by atoms with van der Waals surface area (Å²) in [5.74, 6) is -9.99. The van der Waals surface area contributed by atoms with Crippen LogP contribution in [0.2, 0.25) is 5.02 Å². The van der Waals surface area contributed by atoms with Gasteiger partial charge in [-0.05, 0) is 136 Å². The number of aromatic hydroxyl groups is 2. The molecule has 1 aliphatic rings. The lowest BCUT2D eigenvalue weighted by Gasteiger charge is -2.29. The fourth-order valence-electron chi connectivity index (χ4n) is 9.09. The number of amides is 10. The van der Waals surface area contributed by atoms with E-state index in [1.165, 1.54) is 86.0 Å². The van der Waals surface area contributed by atoms with Gasteiger partial charge in [-0.1, -0.05) is 81.7 Å². The van der Waals surface area contributed by atoms with Crippen LogP contribution in [0.1, 0.15) is 75.8 Å². The number of nitrogens with one attached hydrogen (secondary N) is 9. The summed E-state index contributed by atoms with van der Waals surface area (Å²) in [7, 11) is 3.56. The zero-order valence-electron chi connectivity index (χ0n) is 48.1. The summed E-state index contributed by atoms with van der Waals surface area (Å²) in [5, 5.41) is 55.7. The minimum absolute atomic E-state index is 0.00321. The van der Waals surface area contributed by atoms with Crippen LogP contribution in [0.15, 0.2) is 120 Å². The fraction of sp³-hybridized carbons (Fsp3) is 0.367. The van der Waals surface area contributed by atoms with E-state index in [9.17, 15) is 58.5 Å². The Hall–Kier alpha value is -8.63. The Morgan fingerprint density at radius 3 is 1.78 bits per heavy atom. The highest BCUT2D eigenvalue weighted by molar-refractivity contribution is 8.76. The first-order valence-electron chi connectivity index (χ1n) is 28.1. The van der Waals surface area contributed by atoms with Crippen molar-refractivity contribution in [1.82, 2.24) is 47.9 Å². The molecule has 2 heterocycles. The highest BCUT2D eigenvalue weighted by Gasteiger charge is 2.37. The van der Waals surface area contributed by atoms with E-state index in [2.05, 4.69) is 47.9 Å². The molecule has 25 nitrogen and oxygen atoms in total. The molecule has 10 amide bonds. The van der Waals surface area contributed by atoms with Crippen LogP contribution in [0.25, 0.3) is 0 Å². The van der Waals surface area contributed by atoms with Crippen molar-refractivity contribution in [2.45, 2.75) is 113 Å². The molecule has 5 aromatic rings. The number of aryl methyl sites for hydroxylation is 1. The molecule has 1 aromatic heterocycles. The Morgan fingerprint density at radius 2 is 1.22 bits per heavy atom. The number of aliphatic hydroxyl groups is 1. The van der Waals surface area contributed by atoms with E-state index in [1.807, 2.05) is 0 Å². The Bertz CT molecular complexity index is 3200. The van der Waals surface area contributed by atoms with Gasteiger partial charge in [-0.2, -0.15) is 0 Å². The standard InChI is InChI=1S/C60H72ClN11O14S2/c1-33(73)50-60(85)71-48(57(82)65-42(52(63)77)25-16-34-12-21-40(74)22-13-34)32-88-87-31-47(70-56(81)46(29-36-10-19-39(61)20-11-36)69-59(84)49-7-5-27-86-49)58(83)68-45(30-37-14-23-41(75)24-15-37)55(80)67-44(28-35-8-17-38(18-9-35)51(62)76)54(79)66-43(53(78)72-50)6-3-4-26-64-2/h5,7-15,17-24,27,33,42-48,50,64,73-75H,3-4,6,16,25-26,28-32H2,1-2H3,(H2,62,76)(H2,63,77)(H,65,82)(H,66,79)(H,67,80)(H,68,83)(H,69,84)(H,70,81)(H,71,85)(H,72,78)/t33-,42-,43+,44-,45+,46+,47-,48+,50+/m1/s1. The lowest BCUT2D eigenvalue weighted by atomic mass is 10.00. The number of aliphatic hydroxyl groups excluding tert-OH is 1. The van der Waals surface area contributed by atoms with Gasteiger partial charge in [0, 0.05) is 41.4 Å². The first kappa shape index (κ1) is 68.5. The van der Waals surface area contributed by atoms with E-state index < -0.39 is 114 Å². The number of carbonyl (C=O) groups excluding carboxylic acids is 10. The van der Waals surface area contributed by atoms with E-state index in [1.54, 1.807) is 43.4 Å². The molecule has 1 fully saturated rings. The molecule has 0 aliphatic carbocycles. The normalized spacial score (nSPS) is 20.0. The minimum atomic E-state index is -1.78. The monoisotopic (exact) mass is 1270 g/mol. The second-order valence-electron chi connectivity index (χ2n) is 20.8. The Balaban J connectivity index is 1.42. The minimum Gasteiger partial charge on any atom is -0.508 e. The Labute approximate surface area is 520 Å². The molecule has 4 aromatic carbocycles. The van der Waals surface area contributed by atoms with Gasteiger partial charge in [-0.25, -0.2) is 0 Å². The van der Waals surface area contributed by atoms with E-state index in [0.717, 1.165) is 21.6 Å². The number of hydrogen-bond donors (Lipinski definition) is 14. The summed E-state index contributed by atoms with van der Waals surface area (Å²) >= 11 is 6.18. The number of phenolic OH excluding ortho intramolecular Hbond substituents is 2. The molecule has 1 aliphatic heterocycles. The number of phenols is 2. The van der Waals surface area contributed by atoms with Gasteiger partial charge >= 0.3 is 0 Å². The van der Waals surface area contributed by atoms with E-state index in [0.29, 0.717) is 46.7 Å². The third-order valence-electron chi connectivity index (χ3n) is 14.0. The van der Waals surface area contributed by atoms with Crippen molar-refractivity contribution >= 4 is 92.3 Å². The van der Waals surface area contributed by atoms with Gasteiger partial charge < -0.3 is 79.1 Å². The van der Waals surface area contributed by atoms with Crippen molar-refractivity contribution in [3.8, 4) is 11.5 Å². The largest absolute Gasteiger partial charge is 0.508 e. The van der Waals surface area contributed by atoms with Crippen LogP contribution in [0.3, 0.4) is 0 Å². The van der Waals surface area contributed by atoms with Crippen LogP contribution in [-0.2, 0) is 64.0 Å². The predicted molar refractivity (Wildman–Crippen MR) is 329 cm³/mol. The molecule has 0 unspecified atom stereocenters. The molecule has 470 valence electrons. The highest BCUT2D eigenvalue weighted by Crippen LogP contribution is 2.25. The van der Waals surface area contributed by atoms with Crippen LogP contribution in [0.5, 0.6) is 11.5 Å². The van der Waals surface area contributed by atoms with Crippen LogP contribution < -0.4 is 59.3 Å². The summed E-state index contributed by atoms with van der Waals surface area (Å²) in [5.41, 5.74) is 13.5. The van der Waals surface area contributed by atoms with Crippen molar-refractivity contribution in [1.29, 1.82) is 0 Å². The molecule has 28 heteroatoms. The van der Waals surface area contributed by atoms with Crippen LogP contribution >= 0.6 is 33.2 Å². The molecule has 0 spiro atoms. The zero-order chi connectivity index (χ0) is 63.9. The topological polar surface area (TPSA) is 405 Å². The highest BCUT2D eigenvalue weighted by atomic mass is 35.5. The van der Waals surface area contributed by atoms with Gasteiger partial charge in [0.05, 0.1) is 12.4 Å². The number of rotatable bonds is 23. The fourth-order valence-corrected chi connectivity index (χ4v) is 11.5. The third kappa shape index (κ3) is 21.7. The number of furan rings is 1. The first-order chi connectivity index (χ1) is 42.1. The van der Waals surface area contributed by atoms with Crippen molar-refractivity contribution in [2.24, 2.45) is 11.5 Å². The van der Waals surface area contributed by atoms with Gasteiger partial charge in [0.2, 0.25) is 53.2 Å². The molecule has 88 heavy (non-hydrogen) atoms. The van der Waals surface area contributed by atoms with Crippen LogP contribution in [0.4, 0.5) is 0 Å². The van der Waals surface area contributed by atoms with Gasteiger partial charge in [-0.15, -0.1) is 0 Å². The van der Waals surface area contributed by atoms with Crippen LogP contribution in [-0.4, -0.2) is 154 Å². The van der Waals surface area contributed by atoms with Crippen molar-refractivity contribution in [3.05, 3.63) is 154 Å². The number of carbonyl (C=O) groups is 10. The number of nitrogens with two attached hydrogens (primary N) is 2. The second kappa shape index (κ2) is 34.1. The van der Waals surface area contributed by atoms with Gasteiger partial charge in [0.15, 0.2) is 5.76 Å². The average Bonchev–Trinajstić information content (AvgIpc) is 3.76. The molecule has 6 rings (SSSR count). The average molecular weight is 1270 g/mol. The molecule has 1 saturated heterocycles. The third-order valence-corrected chi connectivity index (χ3v) is 16.7. The molecular formula is C60H72ClN11O14S2. The number of hydrogen-bond acceptors (Lipinski definition) is 17. The van der Waals surface area contributed by atoms with Gasteiger partial charge in [0.25, 0.3) is 5.91 Å². The smallest absolute Gasteiger partial charge is 0.287 e. The first-order valence-corrected chi connectivity index (χ1v) is 31.0. The van der Waals surface area contributed by atoms with Gasteiger partial charge in [-0.3, -0.25) is 47.9 Å². The van der Waals surface area contributed by atoms with Gasteiger partial charge in [0.1, 0.15) is 59.8 Å². The maximum atomic E-state index is 15.0. The van der Waals surface area contributed by atoms with Crippen molar-refractivity contribution in [3.63, 3.8) is 0 Å². The summed E-state index contributed by atoms with van der Waals surface area (Å²) < 4.78 is 5.30. The number of halogens is 1. The summed E-state index contributed by atoms with van der Waals surface area (Å²) in [4.78, 5) is 141. The number of primary amides is 2. The maximum Gasteiger partial charge on any atom is 0.287 e. The van der Waals surface area contributed by atoms with E-state index in [-0.39, 0.29) is 72.9 Å². The predicted octanol–water partition coefficient (Wildman–Crippen LogP) is 0.947. The number of unbranched alkanes of at least 4 members (excludes halogenated alkanes) is 1. The zero-order valence-corrected chi connectivity index (χ0v) is 50.5. The summed E-state index contributed by atoms with van der Waals surface area (Å²) in [6.45, 7) is 1.72. The SMILES string of the molecule is CNCCCC[C@@H]1NC(=O)[C@@H](Cc2ccc(C(N)=O)cc2)NC(=O)[C@H](Cc2ccc(O)cc2)NC(=O)[C@H](NC(=O)[C@H](Cc2ccc(Cl)cc2)NC(=O)c2ccco2)CSSC[C@@H](C(=O)N[C@H](CCc2ccc(O)cc2)C(N)=O)NC(=O)[C@H]([C@@H](C)O)NC1=O. The second-order valence-corrected chi connectivity index (χ2v) is 23.8. The van der Waals surface area contributed by atoms with Crippen molar-refractivity contribution < 1.29 is 67.7 Å². The Morgan fingerprint density at radius 1 is 0.659 bits per heavy atom.